The molecule has 198 valence electrons. The maximum absolute atomic E-state index is 13.3. The van der Waals surface area contributed by atoms with E-state index in [1.165, 1.54) is 0 Å². The molecule has 3 aromatic carbocycles. The predicted molar refractivity (Wildman–Crippen MR) is 149 cm³/mol. The molecule has 1 aromatic heterocycles. The van der Waals surface area contributed by atoms with Gasteiger partial charge in [-0.1, -0.05) is 72.3 Å². The van der Waals surface area contributed by atoms with Crippen LogP contribution in [0.2, 0.25) is 0 Å². The average molecular weight is 523 g/mol. The molecule has 0 saturated carbocycles. The van der Waals surface area contributed by atoms with Gasteiger partial charge in [0.2, 0.25) is 0 Å². The molecule has 1 atom stereocenters. The number of nitrogens with one attached hydrogen (secondary N) is 2. The second-order valence-electron chi connectivity index (χ2n) is 9.21. The molecule has 4 rings (SSSR count). The number of allylic oxidation sites excluding steroid dienone is 2. The van der Waals surface area contributed by atoms with Crippen molar-refractivity contribution >= 4 is 22.4 Å². The Morgan fingerprint density at radius 2 is 1.77 bits per heavy atom. The Kier molecular flexibility index (Phi) is 9.22. The number of aromatic nitrogens is 2. The Hall–Kier alpha value is -4.74. The second kappa shape index (κ2) is 13.2. The highest BCUT2D eigenvalue weighted by molar-refractivity contribution is 5.83. The fourth-order valence-corrected chi connectivity index (χ4v) is 4.24. The van der Waals surface area contributed by atoms with Crippen molar-refractivity contribution in [3.05, 3.63) is 117 Å². The van der Waals surface area contributed by atoms with Gasteiger partial charge >= 0.3 is 5.97 Å². The van der Waals surface area contributed by atoms with Crippen molar-refractivity contribution in [2.75, 3.05) is 6.61 Å². The molecule has 0 aliphatic carbocycles. The monoisotopic (exact) mass is 522 g/mol. The van der Waals surface area contributed by atoms with E-state index in [4.69, 9.17) is 4.74 Å². The van der Waals surface area contributed by atoms with Crippen LogP contribution in [0.1, 0.15) is 35.4 Å². The molecule has 4 aromatic rings. The Bertz CT molecular complexity index is 1560. The molecule has 8 heteroatoms. The topological polar surface area (TPSA) is 128 Å². The van der Waals surface area contributed by atoms with Crippen LogP contribution >= 0.6 is 0 Å². The summed E-state index contributed by atoms with van der Waals surface area (Å²) < 4.78 is 5.65. The number of aliphatic hydroxyl groups is 1. The van der Waals surface area contributed by atoms with Crippen molar-refractivity contribution in [1.29, 1.82) is 5.26 Å². The molecule has 1 heterocycles. The van der Waals surface area contributed by atoms with Gasteiger partial charge in [-0.25, -0.2) is 9.78 Å². The molecule has 0 saturated heterocycles. The van der Waals surface area contributed by atoms with Gasteiger partial charge in [0.15, 0.2) is 5.82 Å². The van der Waals surface area contributed by atoms with Crippen molar-refractivity contribution in [1.82, 2.24) is 15.3 Å². The summed E-state index contributed by atoms with van der Waals surface area (Å²) in [5.74, 6) is -0.396. The summed E-state index contributed by atoms with van der Waals surface area (Å²) >= 11 is 0. The van der Waals surface area contributed by atoms with Gasteiger partial charge in [0.25, 0.3) is 5.56 Å². The minimum Gasteiger partial charge on any atom is -0.459 e. The fourth-order valence-electron chi connectivity index (χ4n) is 4.24. The summed E-state index contributed by atoms with van der Waals surface area (Å²) in [5, 5.41) is 23.3. The number of nitriles is 1. The number of fused-ring (bicyclic) bond motifs is 1. The maximum Gasteiger partial charge on any atom is 0.329 e. The van der Waals surface area contributed by atoms with Crippen LogP contribution in [0.4, 0.5) is 0 Å². The van der Waals surface area contributed by atoms with Crippen LogP contribution in [-0.2, 0) is 22.6 Å². The minimum atomic E-state index is -0.831. The van der Waals surface area contributed by atoms with E-state index in [1.807, 2.05) is 73.7 Å². The standard InChI is InChI=1S/C31H30N4O4/c1-21-14-15-27-24(17-21)30(37)35-29(34-27)25(19-32)26(13-8-16-36)33-28(18-22-9-4-2-5-10-22)31(38)39-20-23-11-6-3-7-12-23/h2-7,9-12,14-15,17,28,33,36H,8,13,16,18,20H2,1H3,(H,34,35,37)/b26-25-/t28-/m0/s1. The quantitative estimate of drug-likeness (QED) is 0.199. The van der Waals surface area contributed by atoms with Gasteiger partial charge in [0.1, 0.15) is 24.3 Å². The summed E-state index contributed by atoms with van der Waals surface area (Å²) in [4.78, 5) is 33.4. The summed E-state index contributed by atoms with van der Waals surface area (Å²) in [5.41, 5.74) is 3.25. The number of ether oxygens (including phenoxy) is 1. The number of rotatable bonds is 11. The van der Waals surface area contributed by atoms with Crippen molar-refractivity contribution in [2.24, 2.45) is 0 Å². The highest BCUT2D eigenvalue weighted by atomic mass is 16.5. The summed E-state index contributed by atoms with van der Waals surface area (Å²) in [6, 6.07) is 25.5. The predicted octanol–water partition coefficient (Wildman–Crippen LogP) is 4.18. The number of carbonyl (C=O) groups excluding carboxylic acids is 1. The van der Waals surface area contributed by atoms with E-state index in [9.17, 15) is 20.0 Å². The number of aromatic amines is 1. The van der Waals surface area contributed by atoms with E-state index >= 15 is 0 Å². The number of aliphatic hydroxyl groups excluding tert-OH is 1. The van der Waals surface area contributed by atoms with Gasteiger partial charge in [-0.05, 0) is 43.0 Å². The van der Waals surface area contributed by atoms with Crippen LogP contribution in [0.5, 0.6) is 0 Å². The van der Waals surface area contributed by atoms with Crippen molar-refractivity contribution in [2.45, 2.75) is 38.8 Å². The summed E-state index contributed by atoms with van der Waals surface area (Å²) in [7, 11) is 0. The van der Waals surface area contributed by atoms with Crippen LogP contribution in [0.3, 0.4) is 0 Å². The molecule has 0 radical (unpaired) electrons. The molecule has 0 spiro atoms. The Morgan fingerprint density at radius 3 is 2.44 bits per heavy atom. The molecule has 0 unspecified atom stereocenters. The first-order valence-corrected chi connectivity index (χ1v) is 12.7. The zero-order valence-electron chi connectivity index (χ0n) is 21.7. The average Bonchev–Trinajstić information content (AvgIpc) is 2.96. The lowest BCUT2D eigenvalue weighted by atomic mass is 10.0. The van der Waals surface area contributed by atoms with E-state index in [1.54, 1.807) is 12.1 Å². The van der Waals surface area contributed by atoms with Gasteiger partial charge in [0, 0.05) is 18.7 Å². The SMILES string of the molecule is Cc1ccc2nc(/C(C#N)=C(/CCCO)N[C@@H](Cc3ccccc3)C(=O)OCc3ccccc3)[nH]c(=O)c2c1. The van der Waals surface area contributed by atoms with Crippen molar-refractivity contribution in [3.63, 3.8) is 0 Å². The molecule has 0 aliphatic heterocycles. The Balaban J connectivity index is 1.71. The number of carbonyl (C=O) groups is 1. The van der Waals surface area contributed by atoms with E-state index in [0.29, 0.717) is 29.4 Å². The second-order valence-corrected chi connectivity index (χ2v) is 9.21. The summed E-state index contributed by atoms with van der Waals surface area (Å²) in [6.45, 7) is 1.87. The lowest BCUT2D eigenvalue weighted by molar-refractivity contribution is -0.147. The van der Waals surface area contributed by atoms with Gasteiger partial charge in [0.05, 0.1) is 10.9 Å². The number of aryl methyl sites for hydroxylation is 1. The zero-order chi connectivity index (χ0) is 27.6. The first kappa shape index (κ1) is 27.3. The highest BCUT2D eigenvalue weighted by Crippen LogP contribution is 2.20. The lowest BCUT2D eigenvalue weighted by Gasteiger charge is -2.22. The van der Waals surface area contributed by atoms with Crippen molar-refractivity contribution in [3.8, 4) is 6.07 Å². The van der Waals surface area contributed by atoms with Crippen molar-refractivity contribution < 1.29 is 14.6 Å². The largest absolute Gasteiger partial charge is 0.459 e. The smallest absolute Gasteiger partial charge is 0.329 e. The maximum atomic E-state index is 13.3. The van der Waals surface area contributed by atoms with E-state index < -0.39 is 12.0 Å². The molecule has 0 aliphatic rings. The number of benzene rings is 3. The molecule has 0 amide bonds. The third-order valence-electron chi connectivity index (χ3n) is 6.24. The zero-order valence-corrected chi connectivity index (χ0v) is 21.7. The molecule has 8 nitrogen and oxygen atoms in total. The fraction of sp³-hybridized carbons (Fsp3) is 0.226. The molecular weight excluding hydrogens is 492 g/mol. The van der Waals surface area contributed by atoms with Crippen LogP contribution in [0, 0.1) is 18.3 Å². The van der Waals surface area contributed by atoms with Crippen LogP contribution in [0.15, 0.2) is 89.4 Å². The van der Waals surface area contributed by atoms with E-state index in [0.717, 1.165) is 16.7 Å². The Morgan fingerprint density at radius 1 is 1.08 bits per heavy atom. The first-order chi connectivity index (χ1) is 19.0. The van der Waals surface area contributed by atoms with E-state index in [-0.39, 0.29) is 36.6 Å². The van der Waals surface area contributed by atoms with E-state index in [2.05, 4.69) is 21.4 Å². The van der Waals surface area contributed by atoms with Gasteiger partial charge < -0.3 is 20.1 Å². The molecular formula is C31H30N4O4. The van der Waals surface area contributed by atoms with Gasteiger partial charge in [-0.15, -0.1) is 0 Å². The molecule has 0 fully saturated rings. The normalized spacial score (nSPS) is 12.3. The highest BCUT2D eigenvalue weighted by Gasteiger charge is 2.24. The molecule has 39 heavy (non-hydrogen) atoms. The minimum absolute atomic E-state index is 0.0930. The molecule has 3 N–H and O–H groups in total. The third-order valence-corrected chi connectivity index (χ3v) is 6.24. The first-order valence-electron chi connectivity index (χ1n) is 12.7. The van der Waals surface area contributed by atoms with Crippen LogP contribution in [-0.4, -0.2) is 33.7 Å². The lowest BCUT2D eigenvalue weighted by Crippen LogP contribution is -2.40. The Labute approximate surface area is 226 Å². The van der Waals surface area contributed by atoms with Gasteiger partial charge in [-0.3, -0.25) is 4.79 Å². The number of H-pyrrole nitrogens is 1. The van der Waals surface area contributed by atoms with Crippen LogP contribution in [0.25, 0.3) is 16.5 Å². The van der Waals surface area contributed by atoms with Gasteiger partial charge in [-0.2, -0.15) is 5.26 Å². The number of esters is 1. The molecule has 0 bridgehead atoms. The number of hydrogen-bond donors (Lipinski definition) is 3. The summed E-state index contributed by atoms with van der Waals surface area (Å²) in [6.07, 6.45) is 0.894. The number of nitrogens with zero attached hydrogens (tertiary/aromatic N) is 2. The third kappa shape index (κ3) is 7.18. The van der Waals surface area contributed by atoms with Crippen LogP contribution < -0.4 is 10.9 Å². The number of hydrogen-bond acceptors (Lipinski definition) is 7.